The first-order chi connectivity index (χ1) is 6.33. The summed E-state index contributed by atoms with van der Waals surface area (Å²) in [5.74, 6) is 0. The van der Waals surface area contributed by atoms with Gasteiger partial charge in [0.1, 0.15) is 0 Å². The Labute approximate surface area is 85.2 Å². The molecule has 0 bridgehead atoms. The molecule has 0 N–H and O–H groups in total. The Morgan fingerprint density at radius 1 is 1.23 bits per heavy atom. The number of benzene rings is 1. The van der Waals surface area contributed by atoms with E-state index in [4.69, 9.17) is 11.6 Å². The van der Waals surface area contributed by atoms with E-state index >= 15 is 0 Å². The molecule has 1 heteroatoms. The van der Waals surface area contributed by atoms with E-state index in [9.17, 15) is 0 Å². The van der Waals surface area contributed by atoms with Crippen LogP contribution < -0.4 is 0 Å². The van der Waals surface area contributed by atoms with Crippen LogP contribution in [0.15, 0.2) is 30.3 Å². The molecule has 0 unspecified atom stereocenters. The van der Waals surface area contributed by atoms with Crippen molar-refractivity contribution in [1.82, 2.24) is 0 Å². The highest BCUT2D eigenvalue weighted by Gasteiger charge is 1.86. The van der Waals surface area contributed by atoms with Crippen LogP contribution in [-0.4, -0.2) is 0 Å². The molecule has 1 aromatic rings. The molecule has 1 aromatic carbocycles. The summed E-state index contributed by atoms with van der Waals surface area (Å²) in [6, 6.07) is 7.90. The summed E-state index contributed by atoms with van der Waals surface area (Å²) in [4.78, 5) is 0. The third-order valence-electron chi connectivity index (χ3n) is 1.90. The van der Waals surface area contributed by atoms with Crippen LogP contribution >= 0.6 is 11.6 Å². The van der Waals surface area contributed by atoms with E-state index in [1.807, 2.05) is 24.3 Å². The van der Waals surface area contributed by atoms with Crippen molar-refractivity contribution in [3.63, 3.8) is 0 Å². The van der Waals surface area contributed by atoms with Crippen LogP contribution in [0, 0.1) is 0 Å². The van der Waals surface area contributed by atoms with E-state index in [0.717, 1.165) is 5.02 Å². The standard InChI is InChI=1S/C12H15Cl/c1-2-3-4-5-6-11-7-9-12(13)10-8-11/h5-10H,2-4H2,1H3/b6-5-. The zero-order chi connectivity index (χ0) is 9.52. The Hall–Kier alpha value is -0.750. The van der Waals surface area contributed by atoms with Gasteiger partial charge in [0.15, 0.2) is 0 Å². The fourth-order valence-corrected chi connectivity index (χ4v) is 1.24. The average molecular weight is 195 g/mol. The smallest absolute Gasteiger partial charge is 0.0406 e. The molecule has 0 nitrogen and oxygen atoms in total. The number of unbranched alkanes of at least 4 members (excludes halogenated alkanes) is 2. The molecule has 0 aliphatic heterocycles. The summed E-state index contributed by atoms with van der Waals surface area (Å²) in [7, 11) is 0. The Morgan fingerprint density at radius 3 is 2.54 bits per heavy atom. The molecule has 70 valence electrons. The summed E-state index contributed by atoms with van der Waals surface area (Å²) in [6.07, 6.45) is 8.05. The van der Waals surface area contributed by atoms with E-state index in [1.54, 1.807) is 0 Å². The maximum Gasteiger partial charge on any atom is 0.0406 e. The summed E-state index contributed by atoms with van der Waals surface area (Å²) < 4.78 is 0. The number of rotatable bonds is 4. The summed E-state index contributed by atoms with van der Waals surface area (Å²) in [5.41, 5.74) is 1.22. The van der Waals surface area contributed by atoms with Gasteiger partial charge in [-0.05, 0) is 24.1 Å². The van der Waals surface area contributed by atoms with Crippen molar-refractivity contribution in [1.29, 1.82) is 0 Å². The summed E-state index contributed by atoms with van der Waals surface area (Å²) in [6.45, 7) is 2.20. The van der Waals surface area contributed by atoms with Gasteiger partial charge in [-0.15, -0.1) is 0 Å². The average Bonchev–Trinajstić information content (AvgIpc) is 2.15. The molecule has 0 spiro atoms. The topological polar surface area (TPSA) is 0 Å². The molecule has 0 aliphatic rings. The van der Waals surface area contributed by atoms with E-state index in [0.29, 0.717) is 0 Å². The van der Waals surface area contributed by atoms with Gasteiger partial charge in [0.05, 0.1) is 0 Å². The van der Waals surface area contributed by atoms with Gasteiger partial charge < -0.3 is 0 Å². The van der Waals surface area contributed by atoms with E-state index in [-0.39, 0.29) is 0 Å². The minimum Gasteiger partial charge on any atom is -0.0843 e. The van der Waals surface area contributed by atoms with Crippen molar-refractivity contribution < 1.29 is 0 Å². The molecule has 1 rings (SSSR count). The second-order valence-corrected chi connectivity index (χ2v) is 3.53. The molecule has 0 aromatic heterocycles. The lowest BCUT2D eigenvalue weighted by Crippen LogP contribution is -1.71. The highest BCUT2D eigenvalue weighted by Crippen LogP contribution is 2.11. The van der Waals surface area contributed by atoms with Gasteiger partial charge in [-0.2, -0.15) is 0 Å². The van der Waals surface area contributed by atoms with Gasteiger partial charge in [-0.1, -0.05) is 55.7 Å². The molecule has 0 saturated heterocycles. The molecule has 0 radical (unpaired) electrons. The van der Waals surface area contributed by atoms with Gasteiger partial charge in [0.25, 0.3) is 0 Å². The van der Waals surface area contributed by atoms with Crippen LogP contribution in [0.1, 0.15) is 31.7 Å². The zero-order valence-electron chi connectivity index (χ0n) is 7.96. The van der Waals surface area contributed by atoms with Gasteiger partial charge in [-0.3, -0.25) is 0 Å². The second kappa shape index (κ2) is 5.82. The second-order valence-electron chi connectivity index (χ2n) is 3.10. The number of halogens is 1. The fraction of sp³-hybridized carbons (Fsp3) is 0.333. The third kappa shape index (κ3) is 4.14. The Bertz CT molecular complexity index is 259. The Morgan fingerprint density at radius 2 is 1.92 bits per heavy atom. The summed E-state index contributed by atoms with van der Waals surface area (Å²) in [5, 5.41) is 0.797. The van der Waals surface area contributed by atoms with E-state index in [2.05, 4.69) is 19.1 Å². The maximum atomic E-state index is 5.77. The first kappa shape index (κ1) is 10.3. The molecule has 0 saturated carbocycles. The molecule has 0 aliphatic carbocycles. The maximum absolute atomic E-state index is 5.77. The lowest BCUT2D eigenvalue weighted by molar-refractivity contribution is 0.816. The molecule has 0 amide bonds. The third-order valence-corrected chi connectivity index (χ3v) is 2.16. The van der Waals surface area contributed by atoms with Crippen molar-refractivity contribution in [3.8, 4) is 0 Å². The largest absolute Gasteiger partial charge is 0.0843 e. The first-order valence-electron chi connectivity index (χ1n) is 4.75. The molecule has 0 fully saturated rings. The lowest BCUT2D eigenvalue weighted by atomic mass is 10.2. The summed E-state index contributed by atoms with van der Waals surface area (Å²) >= 11 is 5.77. The van der Waals surface area contributed by atoms with Crippen molar-refractivity contribution >= 4 is 17.7 Å². The molecule has 0 atom stereocenters. The predicted octanol–water partition coefficient (Wildman–Crippen LogP) is 4.54. The first-order valence-corrected chi connectivity index (χ1v) is 5.13. The molecular formula is C12H15Cl. The van der Waals surface area contributed by atoms with Crippen LogP contribution in [0.4, 0.5) is 0 Å². The predicted molar refractivity (Wildman–Crippen MR) is 60.0 cm³/mol. The minimum absolute atomic E-state index is 0.797. The van der Waals surface area contributed by atoms with Crippen molar-refractivity contribution in [3.05, 3.63) is 40.9 Å². The number of hydrogen-bond donors (Lipinski definition) is 0. The van der Waals surface area contributed by atoms with Crippen molar-refractivity contribution in [2.45, 2.75) is 26.2 Å². The number of hydrogen-bond acceptors (Lipinski definition) is 0. The van der Waals surface area contributed by atoms with Crippen LogP contribution in [0.2, 0.25) is 5.02 Å². The van der Waals surface area contributed by atoms with E-state index < -0.39 is 0 Å². The SMILES string of the molecule is CCCC/C=C\c1ccc(Cl)cc1. The van der Waals surface area contributed by atoms with Gasteiger partial charge >= 0.3 is 0 Å². The quantitative estimate of drug-likeness (QED) is 0.618. The highest BCUT2D eigenvalue weighted by molar-refractivity contribution is 6.30. The van der Waals surface area contributed by atoms with Gasteiger partial charge in [0.2, 0.25) is 0 Å². The fourth-order valence-electron chi connectivity index (χ4n) is 1.12. The Kier molecular flexibility index (Phi) is 4.63. The molecular weight excluding hydrogens is 180 g/mol. The van der Waals surface area contributed by atoms with Crippen LogP contribution in [0.5, 0.6) is 0 Å². The van der Waals surface area contributed by atoms with Crippen LogP contribution in [0.3, 0.4) is 0 Å². The van der Waals surface area contributed by atoms with Crippen molar-refractivity contribution in [2.75, 3.05) is 0 Å². The van der Waals surface area contributed by atoms with Crippen molar-refractivity contribution in [2.24, 2.45) is 0 Å². The zero-order valence-corrected chi connectivity index (χ0v) is 8.72. The molecule has 0 heterocycles. The Balaban J connectivity index is 2.44. The van der Waals surface area contributed by atoms with Crippen LogP contribution in [0.25, 0.3) is 6.08 Å². The lowest BCUT2D eigenvalue weighted by Gasteiger charge is -1.93. The van der Waals surface area contributed by atoms with Crippen LogP contribution in [-0.2, 0) is 0 Å². The van der Waals surface area contributed by atoms with E-state index in [1.165, 1.54) is 24.8 Å². The minimum atomic E-state index is 0.797. The molecule has 13 heavy (non-hydrogen) atoms. The van der Waals surface area contributed by atoms with Gasteiger partial charge in [-0.25, -0.2) is 0 Å². The highest BCUT2D eigenvalue weighted by atomic mass is 35.5. The van der Waals surface area contributed by atoms with Gasteiger partial charge in [0, 0.05) is 5.02 Å². The number of allylic oxidation sites excluding steroid dienone is 1. The normalized spacial score (nSPS) is 10.9. The monoisotopic (exact) mass is 194 g/mol.